The molecule has 1 aliphatic carbocycles. The first-order chi connectivity index (χ1) is 5.24. The molecule has 0 aromatic heterocycles. The van der Waals surface area contributed by atoms with E-state index < -0.39 is 0 Å². The van der Waals surface area contributed by atoms with E-state index in [0.29, 0.717) is 5.92 Å². The van der Waals surface area contributed by atoms with Crippen molar-refractivity contribution in [3.8, 4) is 0 Å². The van der Waals surface area contributed by atoms with Gasteiger partial charge in [-0.3, -0.25) is 0 Å². The van der Waals surface area contributed by atoms with Gasteiger partial charge in [-0.05, 0) is 37.3 Å². The first kappa shape index (κ1) is 8.32. The summed E-state index contributed by atoms with van der Waals surface area (Å²) >= 11 is 0. The summed E-state index contributed by atoms with van der Waals surface area (Å²) in [5.74, 6) is 0.713. The first-order valence-corrected chi connectivity index (χ1v) is 4.25. The highest BCUT2D eigenvalue weighted by molar-refractivity contribution is 5.40. The molecule has 0 amide bonds. The molecule has 0 saturated carbocycles. The molecule has 60 valence electrons. The average Bonchev–Trinajstić information content (AvgIpc) is 1.98. The summed E-state index contributed by atoms with van der Waals surface area (Å²) in [5.41, 5.74) is 2.81. The Morgan fingerprint density at radius 3 is 2.91 bits per heavy atom. The van der Waals surface area contributed by atoms with Crippen LogP contribution in [0, 0.1) is 5.92 Å². The Morgan fingerprint density at radius 2 is 2.27 bits per heavy atom. The Balaban J connectivity index is 2.81. The Bertz CT molecular complexity index is 216. The quantitative estimate of drug-likeness (QED) is 0.534. The molecule has 0 aromatic rings. The Morgan fingerprint density at radius 1 is 1.55 bits per heavy atom. The highest BCUT2D eigenvalue weighted by atomic mass is 14.1. The van der Waals surface area contributed by atoms with E-state index in [2.05, 4.69) is 45.1 Å². The van der Waals surface area contributed by atoms with Crippen molar-refractivity contribution < 1.29 is 0 Å². The highest BCUT2D eigenvalue weighted by Gasteiger charge is 2.05. The maximum absolute atomic E-state index is 2.34. The summed E-state index contributed by atoms with van der Waals surface area (Å²) < 4.78 is 0. The molecule has 0 bridgehead atoms. The molecule has 0 radical (unpaired) electrons. The zero-order valence-electron chi connectivity index (χ0n) is 7.59. The van der Waals surface area contributed by atoms with Crippen molar-refractivity contribution in [3.05, 3.63) is 35.5 Å². The second-order valence-electron chi connectivity index (χ2n) is 3.22. The summed E-state index contributed by atoms with van der Waals surface area (Å²) in [6.07, 6.45) is 10.1. The fourth-order valence-electron chi connectivity index (χ4n) is 1.35. The highest BCUT2D eigenvalue weighted by Crippen LogP contribution is 2.22. The molecule has 1 unspecified atom stereocenters. The van der Waals surface area contributed by atoms with Gasteiger partial charge in [-0.15, -0.1) is 0 Å². The van der Waals surface area contributed by atoms with E-state index in [1.54, 1.807) is 0 Å². The van der Waals surface area contributed by atoms with E-state index in [9.17, 15) is 0 Å². The van der Waals surface area contributed by atoms with Crippen molar-refractivity contribution in [3.63, 3.8) is 0 Å². The molecule has 0 aliphatic heterocycles. The molecule has 0 saturated heterocycles. The van der Waals surface area contributed by atoms with Crippen LogP contribution in [-0.2, 0) is 0 Å². The zero-order valence-corrected chi connectivity index (χ0v) is 7.59. The molecule has 0 spiro atoms. The second-order valence-corrected chi connectivity index (χ2v) is 3.22. The third kappa shape index (κ3) is 2.07. The molecular weight excluding hydrogens is 132 g/mol. The van der Waals surface area contributed by atoms with Crippen LogP contribution in [-0.4, -0.2) is 0 Å². The predicted molar refractivity (Wildman–Crippen MR) is 50.4 cm³/mol. The van der Waals surface area contributed by atoms with Crippen LogP contribution in [0.5, 0.6) is 0 Å². The van der Waals surface area contributed by atoms with Gasteiger partial charge in [-0.25, -0.2) is 0 Å². The van der Waals surface area contributed by atoms with Gasteiger partial charge in [0.25, 0.3) is 0 Å². The molecule has 0 heterocycles. The summed E-state index contributed by atoms with van der Waals surface area (Å²) in [6.45, 7) is 6.50. The van der Waals surface area contributed by atoms with Gasteiger partial charge in [-0.1, -0.05) is 31.2 Å². The lowest BCUT2D eigenvalue weighted by Crippen LogP contribution is -1.97. The molecule has 11 heavy (non-hydrogen) atoms. The molecular formula is C11H16. The fourth-order valence-corrected chi connectivity index (χ4v) is 1.35. The molecule has 0 nitrogen and oxygen atoms in total. The van der Waals surface area contributed by atoms with Crippen LogP contribution in [0.25, 0.3) is 0 Å². The molecule has 1 atom stereocenters. The minimum atomic E-state index is 0.713. The van der Waals surface area contributed by atoms with Gasteiger partial charge in [0.1, 0.15) is 0 Å². The summed E-state index contributed by atoms with van der Waals surface area (Å²) in [4.78, 5) is 0. The van der Waals surface area contributed by atoms with E-state index in [4.69, 9.17) is 0 Å². The second kappa shape index (κ2) is 3.56. The van der Waals surface area contributed by atoms with Crippen molar-refractivity contribution >= 4 is 0 Å². The number of hydrogen-bond acceptors (Lipinski definition) is 0. The topological polar surface area (TPSA) is 0 Å². The third-order valence-corrected chi connectivity index (χ3v) is 2.06. The minimum Gasteiger partial charge on any atom is -0.0871 e. The lowest BCUT2D eigenvalue weighted by Gasteiger charge is -2.13. The maximum Gasteiger partial charge on any atom is -0.0218 e. The normalized spacial score (nSPS) is 25.2. The van der Waals surface area contributed by atoms with Gasteiger partial charge in [-0.2, -0.15) is 0 Å². The molecule has 0 fully saturated rings. The van der Waals surface area contributed by atoms with E-state index in [-0.39, 0.29) is 0 Å². The van der Waals surface area contributed by atoms with Gasteiger partial charge in [0, 0.05) is 0 Å². The van der Waals surface area contributed by atoms with Gasteiger partial charge >= 0.3 is 0 Å². The van der Waals surface area contributed by atoms with Crippen LogP contribution in [0.2, 0.25) is 0 Å². The monoisotopic (exact) mass is 148 g/mol. The van der Waals surface area contributed by atoms with E-state index in [1.807, 2.05) is 0 Å². The van der Waals surface area contributed by atoms with Crippen LogP contribution < -0.4 is 0 Å². The van der Waals surface area contributed by atoms with Crippen LogP contribution in [0.4, 0.5) is 0 Å². The SMILES string of the molecule is CC=CC1=CC(C)CC=C1C. The van der Waals surface area contributed by atoms with Crippen LogP contribution in [0.15, 0.2) is 35.5 Å². The van der Waals surface area contributed by atoms with E-state index >= 15 is 0 Å². The Hall–Kier alpha value is -0.780. The summed E-state index contributed by atoms with van der Waals surface area (Å²) in [6, 6.07) is 0. The Kier molecular flexibility index (Phi) is 2.70. The van der Waals surface area contributed by atoms with Gasteiger partial charge in [0.15, 0.2) is 0 Å². The summed E-state index contributed by atoms with van der Waals surface area (Å²) in [5, 5.41) is 0. The van der Waals surface area contributed by atoms with Gasteiger partial charge in [0.05, 0.1) is 0 Å². The molecule has 0 heteroatoms. The zero-order chi connectivity index (χ0) is 8.27. The molecule has 0 N–H and O–H groups in total. The van der Waals surface area contributed by atoms with E-state index in [1.165, 1.54) is 17.6 Å². The van der Waals surface area contributed by atoms with Crippen molar-refractivity contribution in [1.29, 1.82) is 0 Å². The lowest BCUT2D eigenvalue weighted by atomic mass is 9.92. The molecule has 0 aromatic carbocycles. The average molecular weight is 148 g/mol. The van der Waals surface area contributed by atoms with Crippen LogP contribution in [0.1, 0.15) is 27.2 Å². The fraction of sp³-hybridized carbons (Fsp3) is 0.455. The first-order valence-electron chi connectivity index (χ1n) is 4.25. The Labute approximate surface area is 69.3 Å². The smallest absolute Gasteiger partial charge is 0.0218 e. The van der Waals surface area contributed by atoms with Gasteiger partial charge in [0.2, 0.25) is 0 Å². The van der Waals surface area contributed by atoms with Crippen molar-refractivity contribution in [1.82, 2.24) is 0 Å². The van der Waals surface area contributed by atoms with Crippen molar-refractivity contribution in [2.45, 2.75) is 27.2 Å². The number of allylic oxidation sites excluding steroid dienone is 6. The standard InChI is InChI=1S/C11H16/c1-4-5-11-8-9(2)6-7-10(11)3/h4-5,7-9H,6H2,1-3H3. The minimum absolute atomic E-state index is 0.713. The maximum atomic E-state index is 2.34. The number of hydrogen-bond donors (Lipinski definition) is 0. The number of rotatable bonds is 1. The van der Waals surface area contributed by atoms with Crippen LogP contribution in [0.3, 0.4) is 0 Å². The van der Waals surface area contributed by atoms with Crippen LogP contribution >= 0.6 is 0 Å². The third-order valence-electron chi connectivity index (χ3n) is 2.06. The summed E-state index contributed by atoms with van der Waals surface area (Å²) in [7, 11) is 0. The van der Waals surface area contributed by atoms with E-state index in [0.717, 1.165) is 0 Å². The van der Waals surface area contributed by atoms with Crippen molar-refractivity contribution in [2.75, 3.05) is 0 Å². The molecule has 1 aliphatic rings. The predicted octanol–water partition coefficient (Wildman–Crippen LogP) is 3.48. The van der Waals surface area contributed by atoms with Gasteiger partial charge < -0.3 is 0 Å². The van der Waals surface area contributed by atoms with Crippen molar-refractivity contribution in [2.24, 2.45) is 5.92 Å². The molecule has 1 rings (SSSR count). The largest absolute Gasteiger partial charge is 0.0871 e. The lowest BCUT2D eigenvalue weighted by molar-refractivity contribution is 0.725.